The van der Waals surface area contributed by atoms with Crippen LogP contribution in [0, 0.1) is 6.92 Å². The highest BCUT2D eigenvalue weighted by Crippen LogP contribution is 2.42. The van der Waals surface area contributed by atoms with E-state index >= 15 is 0 Å². The molecule has 43 heavy (non-hydrogen) atoms. The molecule has 1 aliphatic rings. The molecular weight excluding hydrogens is 528 g/mol. The van der Waals surface area contributed by atoms with Crippen molar-refractivity contribution in [2.75, 3.05) is 6.54 Å². The number of rotatable bonds is 7. The molecular formula is C38H36N4O. The first kappa shape index (κ1) is 27.0. The summed E-state index contributed by atoms with van der Waals surface area (Å²) < 4.78 is 4.24. The Morgan fingerprint density at radius 3 is 1.86 bits per heavy atom. The SMILES string of the molecule is Cc1c(CN2CCc3c(C(C)C)c4ccccc4n3C2=O)ncn1C(c1ccccc1)(c1ccccc1)c1ccccc1. The van der Waals surface area contributed by atoms with E-state index in [0.29, 0.717) is 19.0 Å². The maximum Gasteiger partial charge on any atom is 0.329 e. The number of para-hydroxylation sites is 1. The predicted molar refractivity (Wildman–Crippen MR) is 173 cm³/mol. The molecule has 1 amide bonds. The average Bonchev–Trinajstić information content (AvgIpc) is 3.58. The molecule has 5 heteroatoms. The van der Waals surface area contributed by atoms with Crippen molar-refractivity contribution in [3.05, 3.63) is 161 Å². The number of aromatic nitrogens is 3. The maximum absolute atomic E-state index is 14.1. The lowest BCUT2D eigenvalue weighted by atomic mass is 9.76. The molecule has 0 radical (unpaired) electrons. The van der Waals surface area contributed by atoms with Gasteiger partial charge in [-0.3, -0.25) is 4.57 Å². The molecule has 1 aliphatic heterocycles. The number of carbonyl (C=O) groups is 1. The van der Waals surface area contributed by atoms with Crippen molar-refractivity contribution >= 4 is 16.9 Å². The van der Waals surface area contributed by atoms with Crippen LogP contribution in [0.3, 0.4) is 0 Å². The zero-order valence-corrected chi connectivity index (χ0v) is 24.9. The van der Waals surface area contributed by atoms with Crippen LogP contribution in [0.15, 0.2) is 122 Å². The summed E-state index contributed by atoms with van der Waals surface area (Å²) in [5.41, 5.74) is 8.20. The van der Waals surface area contributed by atoms with E-state index in [4.69, 9.17) is 4.98 Å². The fraction of sp³-hybridized carbons (Fsp3) is 0.211. The minimum Gasteiger partial charge on any atom is -0.318 e. The highest BCUT2D eigenvalue weighted by Gasteiger charge is 2.40. The van der Waals surface area contributed by atoms with E-state index in [1.165, 1.54) is 10.9 Å². The van der Waals surface area contributed by atoms with Gasteiger partial charge in [0.05, 0.1) is 24.1 Å². The second kappa shape index (κ2) is 10.7. The van der Waals surface area contributed by atoms with Crippen LogP contribution in [-0.2, 0) is 18.5 Å². The number of hydrogen-bond donors (Lipinski definition) is 0. The van der Waals surface area contributed by atoms with Gasteiger partial charge in [0.2, 0.25) is 0 Å². The molecule has 7 rings (SSSR count). The van der Waals surface area contributed by atoms with Gasteiger partial charge in [0.25, 0.3) is 0 Å². The van der Waals surface area contributed by atoms with Crippen molar-refractivity contribution in [2.45, 2.75) is 45.2 Å². The Balaban J connectivity index is 1.34. The summed E-state index contributed by atoms with van der Waals surface area (Å²) in [5, 5.41) is 1.18. The molecule has 0 bridgehead atoms. The van der Waals surface area contributed by atoms with Crippen molar-refractivity contribution in [1.82, 2.24) is 19.0 Å². The average molecular weight is 565 g/mol. The summed E-state index contributed by atoms with van der Waals surface area (Å²) in [6, 6.07) is 40.2. The zero-order chi connectivity index (χ0) is 29.6. The van der Waals surface area contributed by atoms with Crippen molar-refractivity contribution in [3.8, 4) is 0 Å². The normalized spacial score (nSPS) is 13.6. The van der Waals surface area contributed by atoms with E-state index < -0.39 is 5.54 Å². The minimum absolute atomic E-state index is 0.0266. The molecule has 4 aromatic carbocycles. The van der Waals surface area contributed by atoms with Crippen LogP contribution in [-0.4, -0.2) is 31.6 Å². The van der Waals surface area contributed by atoms with Gasteiger partial charge in [-0.25, -0.2) is 9.78 Å². The summed E-state index contributed by atoms with van der Waals surface area (Å²) >= 11 is 0. The second-order valence-electron chi connectivity index (χ2n) is 11.8. The van der Waals surface area contributed by atoms with Crippen LogP contribution in [0.25, 0.3) is 10.9 Å². The molecule has 0 spiro atoms. The molecule has 2 aromatic heterocycles. The van der Waals surface area contributed by atoms with Gasteiger partial charge in [-0.1, -0.05) is 123 Å². The van der Waals surface area contributed by atoms with E-state index in [1.54, 1.807) is 0 Å². The topological polar surface area (TPSA) is 43.1 Å². The van der Waals surface area contributed by atoms with E-state index in [-0.39, 0.29) is 6.03 Å². The lowest BCUT2D eigenvalue weighted by molar-refractivity contribution is 0.190. The Morgan fingerprint density at radius 1 is 0.767 bits per heavy atom. The Hall–Kier alpha value is -4.90. The predicted octanol–water partition coefficient (Wildman–Crippen LogP) is 8.14. The quantitative estimate of drug-likeness (QED) is 0.184. The highest BCUT2D eigenvalue weighted by atomic mass is 16.2. The van der Waals surface area contributed by atoms with Crippen LogP contribution < -0.4 is 0 Å². The number of fused-ring (bicyclic) bond motifs is 3. The van der Waals surface area contributed by atoms with Crippen molar-refractivity contribution < 1.29 is 4.79 Å². The van der Waals surface area contributed by atoms with Gasteiger partial charge in [-0.05, 0) is 41.2 Å². The van der Waals surface area contributed by atoms with Crippen molar-refractivity contribution in [1.29, 1.82) is 0 Å². The number of carbonyl (C=O) groups excluding carboxylic acids is 1. The standard InChI is InChI=1S/C38H36N4O/c1-27(2)36-32-21-13-14-22-34(32)42-35(36)23-24-40(37(42)43)25-33-28(3)41(26-39-33)38(29-15-7-4-8-16-29,30-17-9-5-10-18-30)31-19-11-6-12-20-31/h4-22,26-27H,23-25H2,1-3H3. The lowest BCUT2D eigenvalue weighted by Crippen LogP contribution is -2.41. The van der Waals surface area contributed by atoms with Crippen molar-refractivity contribution in [3.63, 3.8) is 0 Å². The van der Waals surface area contributed by atoms with Gasteiger partial charge in [0.1, 0.15) is 5.54 Å². The fourth-order valence-corrected chi connectivity index (χ4v) is 7.13. The molecule has 0 saturated carbocycles. The highest BCUT2D eigenvalue weighted by molar-refractivity contribution is 5.96. The Labute approximate surface area is 253 Å². The van der Waals surface area contributed by atoms with E-state index in [2.05, 4.69) is 135 Å². The summed E-state index contributed by atoms with van der Waals surface area (Å²) in [5.74, 6) is 0.348. The van der Waals surface area contributed by atoms with Gasteiger partial charge in [-0.2, -0.15) is 0 Å². The molecule has 0 atom stereocenters. The smallest absolute Gasteiger partial charge is 0.318 e. The molecule has 6 aromatic rings. The van der Waals surface area contributed by atoms with Crippen LogP contribution in [0.4, 0.5) is 4.79 Å². The van der Waals surface area contributed by atoms with E-state index in [0.717, 1.165) is 45.7 Å². The van der Waals surface area contributed by atoms with E-state index in [9.17, 15) is 4.79 Å². The minimum atomic E-state index is -0.638. The first-order valence-corrected chi connectivity index (χ1v) is 15.1. The molecule has 3 heterocycles. The molecule has 214 valence electrons. The van der Waals surface area contributed by atoms with Gasteiger partial charge in [-0.15, -0.1) is 0 Å². The number of amides is 1. The molecule has 0 aliphatic carbocycles. The first-order chi connectivity index (χ1) is 21.0. The maximum atomic E-state index is 14.1. The molecule has 5 nitrogen and oxygen atoms in total. The molecule has 0 N–H and O–H groups in total. The number of benzene rings is 4. The summed E-state index contributed by atoms with van der Waals surface area (Å²) in [6.07, 6.45) is 2.79. The monoisotopic (exact) mass is 564 g/mol. The Bertz CT molecular complexity index is 1810. The Kier molecular flexibility index (Phi) is 6.73. The van der Waals surface area contributed by atoms with Crippen LogP contribution in [0.2, 0.25) is 0 Å². The zero-order valence-electron chi connectivity index (χ0n) is 24.9. The lowest BCUT2D eigenvalue weighted by Gasteiger charge is -2.38. The van der Waals surface area contributed by atoms with Gasteiger partial charge < -0.3 is 9.47 Å². The van der Waals surface area contributed by atoms with Gasteiger partial charge in [0, 0.05) is 29.7 Å². The number of hydrogen-bond acceptors (Lipinski definition) is 2. The number of imidazole rings is 1. The van der Waals surface area contributed by atoms with Crippen molar-refractivity contribution in [2.24, 2.45) is 0 Å². The molecule has 0 unspecified atom stereocenters. The van der Waals surface area contributed by atoms with Gasteiger partial charge >= 0.3 is 6.03 Å². The first-order valence-electron chi connectivity index (χ1n) is 15.1. The summed E-state index contributed by atoms with van der Waals surface area (Å²) in [6.45, 7) is 7.69. The third-order valence-corrected chi connectivity index (χ3v) is 9.06. The van der Waals surface area contributed by atoms with Crippen LogP contribution in [0.5, 0.6) is 0 Å². The second-order valence-corrected chi connectivity index (χ2v) is 11.8. The largest absolute Gasteiger partial charge is 0.329 e. The molecule has 0 fully saturated rings. The third kappa shape index (κ3) is 4.22. The number of nitrogens with zero attached hydrogens (tertiary/aromatic N) is 4. The third-order valence-electron chi connectivity index (χ3n) is 9.06. The molecule has 0 saturated heterocycles. The summed E-state index contributed by atoms with van der Waals surface area (Å²) in [4.78, 5) is 21.1. The van der Waals surface area contributed by atoms with E-state index in [1.807, 2.05) is 21.9 Å². The van der Waals surface area contributed by atoms with Crippen LogP contribution in [0.1, 0.15) is 59.1 Å². The Morgan fingerprint density at radius 2 is 1.30 bits per heavy atom. The van der Waals surface area contributed by atoms with Crippen LogP contribution >= 0.6 is 0 Å². The van der Waals surface area contributed by atoms with Gasteiger partial charge in [0.15, 0.2) is 0 Å². The fourth-order valence-electron chi connectivity index (χ4n) is 7.13. The summed E-state index contributed by atoms with van der Waals surface area (Å²) in [7, 11) is 0.